The smallest absolute Gasteiger partial charge is 0.184 e. The van der Waals surface area contributed by atoms with Crippen molar-refractivity contribution in [3.63, 3.8) is 0 Å². The first-order valence-electron chi connectivity index (χ1n) is 5.97. The molecular weight excluding hydrogens is 245 g/mol. The monoisotopic (exact) mass is 259 g/mol. The van der Waals surface area contributed by atoms with Gasteiger partial charge in [0, 0.05) is 12.6 Å². The summed E-state index contributed by atoms with van der Waals surface area (Å²) in [6.07, 6.45) is 2.21. The van der Waals surface area contributed by atoms with Crippen LogP contribution in [0.25, 0.3) is 0 Å². The van der Waals surface area contributed by atoms with Gasteiger partial charge >= 0.3 is 0 Å². The summed E-state index contributed by atoms with van der Waals surface area (Å²) in [5, 5.41) is 0. The number of carbonyl (C=O) groups excluding carboxylic acids is 1. The molecule has 0 fully saturated rings. The van der Waals surface area contributed by atoms with Gasteiger partial charge < -0.3 is 4.74 Å². The van der Waals surface area contributed by atoms with Crippen LogP contribution in [0.1, 0.15) is 22.5 Å². The molecule has 0 aliphatic heterocycles. The summed E-state index contributed by atoms with van der Waals surface area (Å²) in [4.78, 5) is 15.6. The van der Waals surface area contributed by atoms with Crippen LogP contribution in [0.2, 0.25) is 0 Å². The van der Waals surface area contributed by atoms with E-state index in [1.807, 2.05) is 24.3 Å². The van der Waals surface area contributed by atoms with Gasteiger partial charge in [-0.05, 0) is 36.2 Å². The van der Waals surface area contributed by atoms with Crippen LogP contribution in [-0.2, 0) is 6.42 Å². The second-order valence-electron chi connectivity index (χ2n) is 4.11. The van der Waals surface area contributed by atoms with E-state index in [9.17, 15) is 9.18 Å². The molecule has 0 amide bonds. The second kappa shape index (κ2) is 6.09. The number of benzene rings is 1. The molecule has 0 radical (unpaired) electrons. The zero-order valence-corrected chi connectivity index (χ0v) is 10.6. The minimum atomic E-state index is -0.567. The predicted octanol–water partition coefficient (Wildman–Crippen LogP) is 3.04. The predicted molar refractivity (Wildman–Crippen MR) is 69.8 cm³/mol. The highest BCUT2D eigenvalue weighted by molar-refractivity contribution is 5.94. The minimum absolute atomic E-state index is 0.0870. The van der Waals surface area contributed by atoms with Crippen molar-refractivity contribution in [2.24, 2.45) is 0 Å². The summed E-state index contributed by atoms with van der Waals surface area (Å²) in [5.41, 5.74) is 0.918. The molecule has 0 atom stereocenters. The molecule has 19 heavy (non-hydrogen) atoms. The van der Waals surface area contributed by atoms with Crippen LogP contribution in [0, 0.1) is 5.82 Å². The van der Waals surface area contributed by atoms with Gasteiger partial charge in [-0.2, -0.15) is 0 Å². The van der Waals surface area contributed by atoms with E-state index >= 15 is 0 Å². The lowest BCUT2D eigenvalue weighted by Crippen LogP contribution is -2.06. The fraction of sp³-hybridized carbons (Fsp3) is 0.200. The lowest BCUT2D eigenvalue weighted by molar-refractivity contribution is 0.0973. The van der Waals surface area contributed by atoms with Gasteiger partial charge in [0.15, 0.2) is 11.6 Å². The number of hydrogen-bond donors (Lipinski definition) is 0. The molecule has 4 heteroatoms. The molecule has 1 aromatic carbocycles. The minimum Gasteiger partial charge on any atom is -0.497 e. The van der Waals surface area contributed by atoms with Crippen molar-refractivity contribution in [3.8, 4) is 5.75 Å². The summed E-state index contributed by atoms with van der Waals surface area (Å²) in [5.74, 6) is -0.0815. The van der Waals surface area contributed by atoms with E-state index in [0.717, 1.165) is 11.3 Å². The average molecular weight is 259 g/mol. The number of methoxy groups -OCH3 is 1. The third kappa shape index (κ3) is 3.37. The molecule has 0 bridgehead atoms. The highest BCUT2D eigenvalue weighted by atomic mass is 19.1. The van der Waals surface area contributed by atoms with Gasteiger partial charge in [0.05, 0.1) is 7.11 Å². The fourth-order valence-electron chi connectivity index (χ4n) is 1.76. The number of carbonyl (C=O) groups is 1. The Morgan fingerprint density at radius 3 is 2.63 bits per heavy atom. The summed E-state index contributed by atoms with van der Waals surface area (Å²) in [6.45, 7) is 0. The Bertz CT molecular complexity index is 567. The van der Waals surface area contributed by atoms with Crippen LogP contribution < -0.4 is 4.74 Å². The van der Waals surface area contributed by atoms with Crippen molar-refractivity contribution in [1.29, 1.82) is 0 Å². The van der Waals surface area contributed by atoms with Gasteiger partial charge in [0.2, 0.25) is 0 Å². The van der Waals surface area contributed by atoms with Crippen molar-refractivity contribution in [1.82, 2.24) is 4.98 Å². The number of ketones is 1. The molecule has 2 aromatic rings. The van der Waals surface area contributed by atoms with Crippen molar-refractivity contribution in [3.05, 3.63) is 59.7 Å². The molecule has 1 heterocycles. The van der Waals surface area contributed by atoms with Crippen molar-refractivity contribution in [2.45, 2.75) is 12.8 Å². The molecule has 0 saturated heterocycles. The van der Waals surface area contributed by atoms with E-state index in [-0.39, 0.29) is 17.9 Å². The number of Topliss-reactive ketones (excluding diaryl/α,β-unsaturated/α-hetero) is 1. The lowest BCUT2D eigenvalue weighted by atomic mass is 10.1. The molecule has 0 aliphatic rings. The molecule has 0 spiro atoms. The Hall–Kier alpha value is -2.23. The first-order chi connectivity index (χ1) is 9.20. The molecule has 98 valence electrons. The topological polar surface area (TPSA) is 39.2 Å². The van der Waals surface area contributed by atoms with Crippen LogP contribution in [0.3, 0.4) is 0 Å². The Morgan fingerprint density at radius 2 is 2.00 bits per heavy atom. The lowest BCUT2D eigenvalue weighted by Gasteiger charge is -2.03. The standard InChI is InChI=1S/C15H14FNO2/c1-19-12-7-4-11(5-8-12)6-9-14(18)15-13(16)3-2-10-17-15/h2-5,7-8,10H,6,9H2,1H3. The molecule has 0 unspecified atom stereocenters. The first-order valence-corrected chi connectivity index (χ1v) is 5.97. The number of ether oxygens (including phenoxy) is 1. The van der Waals surface area contributed by atoms with Gasteiger partial charge in [-0.15, -0.1) is 0 Å². The number of aryl methyl sites for hydroxylation is 1. The van der Waals surface area contributed by atoms with E-state index in [0.29, 0.717) is 6.42 Å². The third-order valence-corrected chi connectivity index (χ3v) is 2.82. The van der Waals surface area contributed by atoms with Crippen LogP contribution in [0.15, 0.2) is 42.6 Å². The Balaban J connectivity index is 1.98. The highest BCUT2D eigenvalue weighted by Crippen LogP contribution is 2.14. The molecule has 2 rings (SSSR count). The number of nitrogens with zero attached hydrogens (tertiary/aromatic N) is 1. The summed E-state index contributed by atoms with van der Waals surface area (Å²) < 4.78 is 18.4. The molecule has 1 aromatic heterocycles. The van der Waals surface area contributed by atoms with Gasteiger partial charge in [0.1, 0.15) is 11.4 Å². The number of halogens is 1. The van der Waals surface area contributed by atoms with E-state index in [1.54, 1.807) is 7.11 Å². The van der Waals surface area contributed by atoms with Crippen LogP contribution in [0.5, 0.6) is 5.75 Å². The number of hydrogen-bond acceptors (Lipinski definition) is 3. The molecular formula is C15H14FNO2. The summed E-state index contributed by atoms with van der Waals surface area (Å²) in [6, 6.07) is 10.2. The molecule has 0 saturated carbocycles. The fourth-order valence-corrected chi connectivity index (χ4v) is 1.76. The number of aromatic nitrogens is 1. The van der Waals surface area contributed by atoms with Gasteiger partial charge in [0.25, 0.3) is 0 Å². The Morgan fingerprint density at radius 1 is 1.26 bits per heavy atom. The van der Waals surface area contributed by atoms with E-state index in [2.05, 4.69) is 4.98 Å². The third-order valence-electron chi connectivity index (χ3n) is 2.82. The van der Waals surface area contributed by atoms with Crippen LogP contribution >= 0.6 is 0 Å². The largest absolute Gasteiger partial charge is 0.497 e. The van der Waals surface area contributed by atoms with Crippen molar-refractivity contribution in [2.75, 3.05) is 7.11 Å². The zero-order valence-electron chi connectivity index (χ0n) is 10.6. The summed E-state index contributed by atoms with van der Waals surface area (Å²) in [7, 11) is 1.60. The maximum Gasteiger partial charge on any atom is 0.184 e. The first kappa shape index (κ1) is 13.2. The van der Waals surface area contributed by atoms with Crippen molar-refractivity contribution < 1.29 is 13.9 Å². The van der Waals surface area contributed by atoms with E-state index < -0.39 is 5.82 Å². The zero-order chi connectivity index (χ0) is 13.7. The average Bonchev–Trinajstić information content (AvgIpc) is 2.46. The molecule has 0 N–H and O–H groups in total. The highest BCUT2D eigenvalue weighted by Gasteiger charge is 2.12. The maximum absolute atomic E-state index is 13.4. The Kier molecular flexibility index (Phi) is 4.23. The van der Waals surface area contributed by atoms with Gasteiger partial charge in [-0.1, -0.05) is 12.1 Å². The van der Waals surface area contributed by atoms with Crippen LogP contribution in [-0.4, -0.2) is 17.9 Å². The second-order valence-corrected chi connectivity index (χ2v) is 4.11. The Labute approximate surface area is 111 Å². The number of pyridine rings is 1. The molecule has 3 nitrogen and oxygen atoms in total. The quantitative estimate of drug-likeness (QED) is 0.775. The van der Waals surface area contributed by atoms with Gasteiger partial charge in [-0.25, -0.2) is 4.39 Å². The van der Waals surface area contributed by atoms with E-state index in [4.69, 9.17) is 4.74 Å². The van der Waals surface area contributed by atoms with E-state index in [1.165, 1.54) is 18.3 Å². The van der Waals surface area contributed by atoms with Gasteiger partial charge in [-0.3, -0.25) is 9.78 Å². The maximum atomic E-state index is 13.4. The normalized spacial score (nSPS) is 10.2. The van der Waals surface area contributed by atoms with Crippen molar-refractivity contribution >= 4 is 5.78 Å². The SMILES string of the molecule is COc1ccc(CCC(=O)c2ncccc2F)cc1. The van der Waals surface area contributed by atoms with Crippen LogP contribution in [0.4, 0.5) is 4.39 Å². The number of rotatable bonds is 5. The molecule has 0 aliphatic carbocycles. The summed E-state index contributed by atoms with van der Waals surface area (Å²) >= 11 is 0.